The minimum absolute atomic E-state index is 0.0274. The summed E-state index contributed by atoms with van der Waals surface area (Å²) in [5.74, 6) is 0.591. The molecule has 37 heavy (non-hydrogen) atoms. The number of hydrogen-bond donors (Lipinski definition) is 2. The number of benzene rings is 3. The lowest BCUT2D eigenvalue weighted by Gasteiger charge is -2.43. The Labute approximate surface area is 225 Å². The zero-order valence-electron chi connectivity index (χ0n) is 23.3. The molecule has 0 aliphatic rings. The van der Waals surface area contributed by atoms with Gasteiger partial charge in [0.15, 0.2) is 0 Å². The van der Waals surface area contributed by atoms with Crippen LogP contribution in [0.1, 0.15) is 70.9 Å². The van der Waals surface area contributed by atoms with E-state index >= 15 is 0 Å². The molecule has 0 aliphatic carbocycles. The van der Waals surface area contributed by atoms with Gasteiger partial charge in [-0.2, -0.15) is 0 Å². The van der Waals surface area contributed by atoms with Gasteiger partial charge in [0.2, 0.25) is 0 Å². The van der Waals surface area contributed by atoms with Crippen LogP contribution in [0.2, 0.25) is 5.04 Å². The summed E-state index contributed by atoms with van der Waals surface area (Å²) in [7, 11) is -2.42. The van der Waals surface area contributed by atoms with E-state index in [4.69, 9.17) is 19.7 Å². The van der Waals surface area contributed by atoms with E-state index in [-0.39, 0.29) is 5.04 Å². The molecule has 0 aliphatic heterocycles. The molecule has 0 fully saturated rings. The van der Waals surface area contributed by atoms with Gasteiger partial charge in [-0.05, 0) is 58.1 Å². The largest absolute Gasteiger partial charge is 0.407 e. The Morgan fingerprint density at radius 2 is 1.16 bits per heavy atom. The molecule has 0 saturated heterocycles. The van der Waals surface area contributed by atoms with Gasteiger partial charge in [-0.1, -0.05) is 120 Å². The van der Waals surface area contributed by atoms with E-state index in [2.05, 4.69) is 120 Å². The molecule has 3 aromatic carbocycles. The number of ether oxygens (including phenoxy) is 1. The fourth-order valence-corrected chi connectivity index (χ4v) is 9.45. The fraction of sp³-hybridized carbons (Fsp3) is 0.438. The van der Waals surface area contributed by atoms with Crippen LogP contribution in [0, 0.1) is 0 Å². The van der Waals surface area contributed by atoms with E-state index in [9.17, 15) is 0 Å². The number of unbranched alkanes of at least 4 members (excludes halogenated alkanes) is 1. The molecule has 5 heteroatoms. The molecular formula is C32H46O4Si. The maximum atomic E-state index is 6.96. The topological polar surface area (TPSA) is 58.9 Å². The Balaban J connectivity index is 0.00000235. The summed E-state index contributed by atoms with van der Waals surface area (Å²) in [4.78, 5) is 0. The highest BCUT2D eigenvalue weighted by Gasteiger charge is 2.49. The van der Waals surface area contributed by atoms with E-state index in [1.54, 1.807) is 0 Å². The first kappa shape index (κ1) is 30.9. The van der Waals surface area contributed by atoms with Crippen molar-refractivity contribution in [2.75, 3.05) is 19.8 Å². The van der Waals surface area contributed by atoms with Gasteiger partial charge < -0.3 is 9.16 Å². The molecular weight excluding hydrogens is 476 g/mol. The van der Waals surface area contributed by atoms with Gasteiger partial charge in [0.25, 0.3) is 8.32 Å². The first-order chi connectivity index (χ1) is 17.8. The van der Waals surface area contributed by atoms with Gasteiger partial charge >= 0.3 is 0 Å². The molecule has 0 bridgehead atoms. The van der Waals surface area contributed by atoms with Crippen LogP contribution in [-0.4, -0.2) is 38.7 Å². The Morgan fingerprint density at radius 1 is 0.676 bits per heavy atom. The van der Waals surface area contributed by atoms with Crippen molar-refractivity contribution < 1.29 is 19.7 Å². The third-order valence-corrected chi connectivity index (χ3v) is 11.9. The van der Waals surface area contributed by atoms with Crippen molar-refractivity contribution in [2.45, 2.75) is 71.3 Å². The summed E-state index contributed by atoms with van der Waals surface area (Å²) in [5, 5.41) is 14.7. The van der Waals surface area contributed by atoms with Gasteiger partial charge in [0, 0.05) is 19.8 Å². The minimum atomic E-state index is -2.42. The van der Waals surface area contributed by atoms with Crippen LogP contribution in [0.4, 0.5) is 0 Å². The molecule has 0 unspecified atom stereocenters. The van der Waals surface area contributed by atoms with Gasteiger partial charge in [-0.15, -0.1) is 0 Å². The highest BCUT2D eigenvalue weighted by atomic mass is 28.4. The standard InChI is InChI=1S/C32H44O2Si.H2O2/c1-27(2)29-22-20-28(21-23-29)15-14-25-33-24-12-13-26-34-35(32(3,4)5,30-16-8-6-9-17-30)31-18-10-7-11-19-31;1-2/h6-11,16-23,27H,12-15,24-26H2,1-5H3;1-2H. The monoisotopic (exact) mass is 522 g/mol. The van der Waals surface area contributed by atoms with Crippen molar-refractivity contribution in [1.82, 2.24) is 0 Å². The van der Waals surface area contributed by atoms with Crippen molar-refractivity contribution in [3.05, 3.63) is 96.1 Å². The molecule has 0 amide bonds. The SMILES string of the molecule is CC(C)c1ccc(CCCOCCCCO[Si](c2ccccc2)(c2ccccc2)C(C)(C)C)cc1.OO. The van der Waals surface area contributed by atoms with Crippen LogP contribution in [0.3, 0.4) is 0 Å². The van der Waals surface area contributed by atoms with Crippen molar-refractivity contribution in [2.24, 2.45) is 0 Å². The average Bonchev–Trinajstić information content (AvgIpc) is 2.91. The zero-order chi connectivity index (χ0) is 27.2. The first-order valence-electron chi connectivity index (χ1n) is 13.5. The third-order valence-electron chi connectivity index (χ3n) is 6.82. The van der Waals surface area contributed by atoms with Gasteiger partial charge in [0.05, 0.1) is 0 Å². The summed E-state index contributed by atoms with van der Waals surface area (Å²) in [6.45, 7) is 13.9. The second kappa shape index (κ2) is 15.9. The lowest BCUT2D eigenvalue weighted by atomic mass is 10.0. The summed E-state index contributed by atoms with van der Waals surface area (Å²) in [5.41, 5.74) is 2.81. The summed E-state index contributed by atoms with van der Waals surface area (Å²) in [6.07, 6.45) is 4.19. The van der Waals surface area contributed by atoms with Crippen LogP contribution < -0.4 is 10.4 Å². The minimum Gasteiger partial charge on any atom is -0.407 e. The van der Waals surface area contributed by atoms with Crippen molar-refractivity contribution >= 4 is 18.7 Å². The molecule has 0 atom stereocenters. The van der Waals surface area contributed by atoms with E-state index < -0.39 is 8.32 Å². The van der Waals surface area contributed by atoms with Crippen molar-refractivity contribution in [3.8, 4) is 0 Å². The van der Waals surface area contributed by atoms with Gasteiger partial charge in [-0.25, -0.2) is 0 Å². The maximum absolute atomic E-state index is 6.96. The van der Waals surface area contributed by atoms with Crippen LogP contribution >= 0.6 is 0 Å². The lowest BCUT2D eigenvalue weighted by molar-refractivity contribution is -0.176. The predicted molar refractivity (Wildman–Crippen MR) is 158 cm³/mol. The Kier molecular flexibility index (Phi) is 13.3. The zero-order valence-corrected chi connectivity index (χ0v) is 24.3. The van der Waals surface area contributed by atoms with Crippen LogP contribution in [0.15, 0.2) is 84.9 Å². The molecule has 0 radical (unpaired) electrons. The van der Waals surface area contributed by atoms with E-state index in [1.807, 2.05) is 0 Å². The fourth-order valence-electron chi connectivity index (χ4n) is 4.84. The molecule has 0 spiro atoms. The Hall–Kier alpha value is -2.28. The first-order valence-corrected chi connectivity index (χ1v) is 15.4. The molecule has 0 saturated carbocycles. The Bertz CT molecular complexity index is 943. The van der Waals surface area contributed by atoms with Gasteiger partial charge in [-0.3, -0.25) is 10.5 Å². The smallest absolute Gasteiger partial charge is 0.261 e. The number of hydrogen-bond acceptors (Lipinski definition) is 4. The highest BCUT2D eigenvalue weighted by molar-refractivity contribution is 6.99. The summed E-state index contributed by atoms with van der Waals surface area (Å²) >= 11 is 0. The van der Waals surface area contributed by atoms with E-state index in [0.717, 1.165) is 45.5 Å². The second-order valence-corrected chi connectivity index (χ2v) is 15.1. The average molecular weight is 523 g/mol. The normalized spacial score (nSPS) is 11.8. The Morgan fingerprint density at radius 3 is 1.65 bits per heavy atom. The highest BCUT2D eigenvalue weighted by Crippen LogP contribution is 2.36. The molecule has 0 aromatic heterocycles. The molecule has 202 valence electrons. The summed E-state index contributed by atoms with van der Waals surface area (Å²) < 4.78 is 12.9. The summed E-state index contributed by atoms with van der Waals surface area (Å²) in [6, 6.07) is 30.8. The quantitative estimate of drug-likeness (QED) is 0.108. The van der Waals surface area contributed by atoms with Crippen molar-refractivity contribution in [3.63, 3.8) is 0 Å². The maximum Gasteiger partial charge on any atom is 0.261 e. The van der Waals surface area contributed by atoms with E-state index in [1.165, 1.54) is 21.5 Å². The van der Waals surface area contributed by atoms with Crippen LogP contribution in [0.25, 0.3) is 0 Å². The van der Waals surface area contributed by atoms with Crippen molar-refractivity contribution in [1.29, 1.82) is 0 Å². The van der Waals surface area contributed by atoms with Gasteiger partial charge in [0.1, 0.15) is 0 Å². The van der Waals surface area contributed by atoms with Crippen LogP contribution in [-0.2, 0) is 15.6 Å². The second-order valence-electron chi connectivity index (χ2n) is 10.8. The number of rotatable bonds is 13. The lowest BCUT2D eigenvalue weighted by Crippen LogP contribution is -2.66. The van der Waals surface area contributed by atoms with Crippen LogP contribution in [0.5, 0.6) is 0 Å². The van der Waals surface area contributed by atoms with E-state index in [0.29, 0.717) is 5.92 Å². The molecule has 0 heterocycles. The number of aryl methyl sites for hydroxylation is 1. The third kappa shape index (κ3) is 8.90. The predicted octanol–water partition coefficient (Wildman–Crippen LogP) is 7.13. The molecule has 4 nitrogen and oxygen atoms in total. The molecule has 3 rings (SSSR count). The molecule has 2 N–H and O–H groups in total. The molecule has 3 aromatic rings.